The van der Waals surface area contributed by atoms with Crippen LogP contribution in [0.15, 0.2) is 24.4 Å². The van der Waals surface area contributed by atoms with Crippen molar-refractivity contribution in [3.05, 3.63) is 53.4 Å². The Balaban J connectivity index is 2.37. The molecule has 0 amide bonds. The predicted octanol–water partition coefficient (Wildman–Crippen LogP) is 3.02. The number of halogens is 4. The minimum Gasteiger partial charge on any atom is -0.388 e. The van der Waals surface area contributed by atoms with Gasteiger partial charge in [0.2, 0.25) is 0 Å². The van der Waals surface area contributed by atoms with Crippen LogP contribution >= 0.6 is 12.2 Å². The van der Waals surface area contributed by atoms with Crippen LogP contribution in [-0.4, -0.2) is 9.97 Å². The molecule has 2 rings (SSSR count). The number of hydrogen-bond donors (Lipinski definition) is 2. The first-order valence-electron chi connectivity index (χ1n) is 5.26. The van der Waals surface area contributed by atoms with Gasteiger partial charge < -0.3 is 11.1 Å². The fraction of sp³-hybridized carbons (Fsp3) is 0. The zero-order valence-corrected chi connectivity index (χ0v) is 10.6. The van der Waals surface area contributed by atoms with Crippen LogP contribution in [0.5, 0.6) is 0 Å². The van der Waals surface area contributed by atoms with Gasteiger partial charge in [-0.2, -0.15) is 0 Å². The molecule has 104 valence electrons. The van der Waals surface area contributed by atoms with Crippen molar-refractivity contribution in [1.82, 2.24) is 4.98 Å². The number of rotatable bonds is 3. The van der Waals surface area contributed by atoms with E-state index in [0.717, 1.165) is 0 Å². The summed E-state index contributed by atoms with van der Waals surface area (Å²) >= 11 is 4.69. The van der Waals surface area contributed by atoms with Crippen LogP contribution in [-0.2, 0) is 0 Å². The van der Waals surface area contributed by atoms with E-state index >= 15 is 0 Å². The van der Waals surface area contributed by atoms with Crippen LogP contribution in [0.25, 0.3) is 0 Å². The lowest BCUT2D eigenvalue weighted by Crippen LogP contribution is -2.11. The molecule has 1 aromatic carbocycles. The van der Waals surface area contributed by atoms with Crippen LogP contribution in [0, 0.1) is 23.3 Å². The standard InChI is InChI=1S/C12H7F4N3S/c13-6-3-7(14)10(16)11(9(6)15)19-5-1-2-8(12(17)20)18-4-5/h1-4,19H,(H2,17,20). The monoisotopic (exact) mass is 301 g/mol. The van der Waals surface area contributed by atoms with E-state index in [9.17, 15) is 17.6 Å². The van der Waals surface area contributed by atoms with Gasteiger partial charge in [-0.05, 0) is 12.1 Å². The molecule has 0 aliphatic heterocycles. The van der Waals surface area contributed by atoms with Gasteiger partial charge in [-0.25, -0.2) is 17.6 Å². The van der Waals surface area contributed by atoms with Gasteiger partial charge in [-0.15, -0.1) is 0 Å². The van der Waals surface area contributed by atoms with Gasteiger partial charge in [0, 0.05) is 6.07 Å². The summed E-state index contributed by atoms with van der Waals surface area (Å²) in [6.07, 6.45) is 1.18. The van der Waals surface area contributed by atoms with Crippen molar-refractivity contribution < 1.29 is 17.6 Å². The summed E-state index contributed by atoms with van der Waals surface area (Å²) in [7, 11) is 0. The molecule has 0 radical (unpaired) electrons. The normalized spacial score (nSPS) is 10.4. The predicted molar refractivity (Wildman–Crippen MR) is 69.7 cm³/mol. The average molecular weight is 301 g/mol. The van der Waals surface area contributed by atoms with Gasteiger partial charge >= 0.3 is 0 Å². The van der Waals surface area contributed by atoms with Gasteiger partial charge in [0.15, 0.2) is 23.3 Å². The highest BCUT2D eigenvalue weighted by molar-refractivity contribution is 7.80. The van der Waals surface area contributed by atoms with Gasteiger partial charge in [-0.3, -0.25) is 4.98 Å². The number of nitrogens with two attached hydrogens (primary N) is 1. The summed E-state index contributed by atoms with van der Waals surface area (Å²) in [6.45, 7) is 0. The summed E-state index contributed by atoms with van der Waals surface area (Å²) < 4.78 is 52.9. The highest BCUT2D eigenvalue weighted by atomic mass is 32.1. The van der Waals surface area contributed by atoms with Crippen molar-refractivity contribution in [2.45, 2.75) is 0 Å². The third-order valence-electron chi connectivity index (χ3n) is 2.40. The smallest absolute Gasteiger partial charge is 0.185 e. The molecular formula is C12H7F4N3S. The van der Waals surface area contributed by atoms with E-state index in [1.807, 2.05) is 0 Å². The molecule has 0 aliphatic carbocycles. The highest BCUT2D eigenvalue weighted by Crippen LogP contribution is 2.27. The summed E-state index contributed by atoms with van der Waals surface area (Å²) in [5, 5.41) is 2.21. The molecule has 8 heteroatoms. The van der Waals surface area contributed by atoms with E-state index in [-0.39, 0.29) is 16.7 Å². The Labute approximate surface area is 116 Å². The molecule has 3 N–H and O–H groups in total. The fourth-order valence-corrected chi connectivity index (χ4v) is 1.56. The van der Waals surface area contributed by atoms with Crippen LogP contribution in [0.2, 0.25) is 0 Å². The maximum absolute atomic E-state index is 13.4. The van der Waals surface area contributed by atoms with Crippen molar-refractivity contribution in [1.29, 1.82) is 0 Å². The number of pyridine rings is 1. The van der Waals surface area contributed by atoms with Crippen LogP contribution in [0.4, 0.5) is 28.9 Å². The molecular weight excluding hydrogens is 294 g/mol. The second-order valence-electron chi connectivity index (χ2n) is 3.76. The summed E-state index contributed by atoms with van der Waals surface area (Å²) in [4.78, 5) is 3.86. The second-order valence-corrected chi connectivity index (χ2v) is 4.20. The number of nitrogens with one attached hydrogen (secondary N) is 1. The van der Waals surface area contributed by atoms with Crippen molar-refractivity contribution in [2.75, 3.05) is 5.32 Å². The number of aromatic nitrogens is 1. The molecule has 20 heavy (non-hydrogen) atoms. The molecule has 3 nitrogen and oxygen atoms in total. The number of thiocarbonyl (C=S) groups is 1. The third kappa shape index (κ3) is 2.69. The minimum absolute atomic E-state index is 0.0470. The molecule has 0 saturated carbocycles. The molecule has 1 aromatic heterocycles. The lowest BCUT2D eigenvalue weighted by Gasteiger charge is -2.10. The first-order valence-corrected chi connectivity index (χ1v) is 5.67. The Bertz CT molecular complexity index is 647. The largest absolute Gasteiger partial charge is 0.388 e. The maximum Gasteiger partial charge on any atom is 0.185 e. The number of anilines is 2. The second kappa shape index (κ2) is 5.41. The Kier molecular flexibility index (Phi) is 3.84. The van der Waals surface area contributed by atoms with Gasteiger partial charge in [0.25, 0.3) is 0 Å². The summed E-state index contributed by atoms with van der Waals surface area (Å²) in [5.41, 5.74) is 4.82. The van der Waals surface area contributed by atoms with Gasteiger partial charge in [-0.1, -0.05) is 12.2 Å². The molecule has 0 unspecified atom stereocenters. The molecule has 2 aromatic rings. The number of hydrogen-bond acceptors (Lipinski definition) is 3. The van der Waals surface area contributed by atoms with Crippen LogP contribution in [0.3, 0.4) is 0 Å². The average Bonchev–Trinajstić information content (AvgIpc) is 2.42. The number of nitrogens with zero attached hydrogens (tertiary/aromatic N) is 1. The Morgan fingerprint density at radius 3 is 2.15 bits per heavy atom. The van der Waals surface area contributed by atoms with Crippen molar-refractivity contribution in [2.24, 2.45) is 5.73 Å². The lowest BCUT2D eigenvalue weighted by atomic mass is 10.2. The Morgan fingerprint density at radius 1 is 1.10 bits per heavy atom. The Morgan fingerprint density at radius 2 is 1.70 bits per heavy atom. The first kappa shape index (κ1) is 14.2. The van der Waals surface area contributed by atoms with Crippen molar-refractivity contribution >= 4 is 28.6 Å². The molecule has 0 aliphatic rings. The first-order chi connectivity index (χ1) is 9.40. The van der Waals surface area contributed by atoms with Gasteiger partial charge in [0.1, 0.15) is 10.7 Å². The van der Waals surface area contributed by atoms with E-state index in [1.54, 1.807) is 0 Å². The zero-order valence-electron chi connectivity index (χ0n) is 9.75. The van der Waals surface area contributed by atoms with E-state index in [1.165, 1.54) is 18.3 Å². The maximum atomic E-state index is 13.4. The van der Waals surface area contributed by atoms with E-state index in [2.05, 4.69) is 22.5 Å². The Hall–Kier alpha value is -2.22. The molecule has 0 spiro atoms. The third-order valence-corrected chi connectivity index (χ3v) is 2.61. The van der Waals surface area contributed by atoms with E-state index in [0.29, 0.717) is 5.69 Å². The topological polar surface area (TPSA) is 50.9 Å². The lowest BCUT2D eigenvalue weighted by molar-refractivity contribution is 0.459. The molecule has 0 saturated heterocycles. The minimum atomic E-state index is -1.53. The molecule has 1 heterocycles. The van der Waals surface area contributed by atoms with Crippen molar-refractivity contribution in [3.8, 4) is 0 Å². The molecule has 0 fully saturated rings. The summed E-state index contributed by atoms with van der Waals surface area (Å²) in [5.74, 6) is -6.05. The van der Waals surface area contributed by atoms with Crippen molar-refractivity contribution in [3.63, 3.8) is 0 Å². The number of benzene rings is 1. The summed E-state index contributed by atoms with van der Waals surface area (Å²) in [6, 6.07) is 2.89. The van der Waals surface area contributed by atoms with E-state index in [4.69, 9.17) is 5.73 Å². The highest BCUT2D eigenvalue weighted by Gasteiger charge is 2.19. The fourth-order valence-electron chi connectivity index (χ4n) is 1.44. The van der Waals surface area contributed by atoms with Crippen LogP contribution < -0.4 is 11.1 Å². The zero-order chi connectivity index (χ0) is 14.9. The van der Waals surface area contributed by atoms with Crippen LogP contribution in [0.1, 0.15) is 5.69 Å². The van der Waals surface area contributed by atoms with Gasteiger partial charge in [0.05, 0.1) is 17.6 Å². The molecule has 0 bridgehead atoms. The quantitative estimate of drug-likeness (QED) is 0.520. The van der Waals surface area contributed by atoms with E-state index < -0.39 is 29.0 Å². The SMILES string of the molecule is NC(=S)c1ccc(Nc2c(F)c(F)cc(F)c2F)cn1. The molecule has 0 atom stereocenters.